The van der Waals surface area contributed by atoms with Gasteiger partial charge in [-0.2, -0.15) is 31.0 Å². The average molecular weight is 590 g/mol. The topological polar surface area (TPSA) is 110 Å². The van der Waals surface area contributed by atoms with Crippen molar-refractivity contribution in [3.8, 4) is 17.2 Å². The van der Waals surface area contributed by atoms with Crippen LogP contribution in [0.2, 0.25) is 5.02 Å². The zero-order chi connectivity index (χ0) is 29.4. The number of carbonyl (C=O) groups excluding carboxylic acids is 1. The summed E-state index contributed by atoms with van der Waals surface area (Å²) in [7, 11) is 0.969. The molecule has 0 aliphatic carbocycles. The van der Waals surface area contributed by atoms with Crippen LogP contribution in [0.25, 0.3) is 17.2 Å². The van der Waals surface area contributed by atoms with Crippen LogP contribution in [0.3, 0.4) is 0 Å². The molecule has 0 bridgehead atoms. The Morgan fingerprint density at radius 2 is 1.75 bits per heavy atom. The Bertz CT molecular complexity index is 1590. The number of benzene rings is 1. The van der Waals surface area contributed by atoms with Crippen molar-refractivity contribution in [3.05, 3.63) is 75.3 Å². The zero-order valence-electron chi connectivity index (χ0n) is 20.5. The Morgan fingerprint density at radius 3 is 2.35 bits per heavy atom. The molecule has 0 spiro atoms. The van der Waals surface area contributed by atoms with E-state index in [-0.39, 0.29) is 17.2 Å². The van der Waals surface area contributed by atoms with Gasteiger partial charge in [-0.3, -0.25) is 4.57 Å². The van der Waals surface area contributed by atoms with Crippen LogP contribution in [0, 0.1) is 5.92 Å². The molecule has 10 nitrogen and oxygen atoms in total. The van der Waals surface area contributed by atoms with Crippen LogP contribution in [0.5, 0.6) is 0 Å². The second-order valence-electron chi connectivity index (χ2n) is 8.45. The van der Waals surface area contributed by atoms with Crippen molar-refractivity contribution < 1.29 is 35.9 Å². The number of alkyl halides is 6. The molecule has 0 N–H and O–H groups in total. The van der Waals surface area contributed by atoms with E-state index in [1.54, 1.807) is 0 Å². The minimum Gasteiger partial charge on any atom is -0.463 e. The van der Waals surface area contributed by atoms with E-state index in [1.807, 2.05) is 0 Å². The molecule has 0 aliphatic rings. The number of methoxy groups -OCH3 is 1. The third kappa shape index (κ3) is 5.85. The van der Waals surface area contributed by atoms with Crippen LogP contribution in [0.4, 0.5) is 26.3 Å². The first kappa shape index (κ1) is 28.8. The minimum absolute atomic E-state index is 0.130. The van der Waals surface area contributed by atoms with Crippen molar-refractivity contribution in [2.24, 2.45) is 5.92 Å². The quantitative estimate of drug-likeness (QED) is 0.232. The first-order valence-electron chi connectivity index (χ1n) is 11.3. The molecule has 3 heterocycles. The first-order valence-corrected chi connectivity index (χ1v) is 11.7. The van der Waals surface area contributed by atoms with Gasteiger partial charge in [0.1, 0.15) is 12.1 Å². The van der Waals surface area contributed by atoms with Gasteiger partial charge >= 0.3 is 24.0 Å². The number of halogens is 7. The van der Waals surface area contributed by atoms with Gasteiger partial charge < -0.3 is 4.74 Å². The molecular weight excluding hydrogens is 572 g/mol. The highest BCUT2D eigenvalue weighted by molar-refractivity contribution is 6.30. The lowest BCUT2D eigenvalue weighted by Crippen LogP contribution is -2.32. The number of pyridine rings is 1. The maximum absolute atomic E-state index is 13.6. The lowest BCUT2D eigenvalue weighted by atomic mass is 10.1. The number of ether oxygens (including phenoxy) is 1. The minimum atomic E-state index is -4.87. The molecule has 0 saturated carbocycles. The van der Waals surface area contributed by atoms with Crippen molar-refractivity contribution in [2.45, 2.75) is 32.4 Å². The molecule has 17 heteroatoms. The first-order chi connectivity index (χ1) is 18.7. The molecule has 3 aromatic heterocycles. The maximum atomic E-state index is 13.6. The van der Waals surface area contributed by atoms with Gasteiger partial charge in [0.05, 0.1) is 13.0 Å². The van der Waals surface area contributed by atoms with E-state index in [0.29, 0.717) is 9.70 Å². The van der Waals surface area contributed by atoms with Gasteiger partial charge in [0.15, 0.2) is 17.5 Å². The average Bonchev–Trinajstić information content (AvgIpc) is 3.44. The van der Waals surface area contributed by atoms with E-state index in [1.165, 1.54) is 24.3 Å². The van der Waals surface area contributed by atoms with Crippen LogP contribution in [0.1, 0.15) is 28.9 Å². The fraction of sp³-hybridized carbons (Fsp3) is 0.304. The number of nitrogens with zero attached hydrogens (tertiary/aromatic N) is 7. The van der Waals surface area contributed by atoms with E-state index in [2.05, 4.69) is 24.9 Å². The summed E-state index contributed by atoms with van der Waals surface area (Å²) in [5, 5.41) is 8.38. The summed E-state index contributed by atoms with van der Waals surface area (Å²) in [6.07, 6.45) is -8.45. The Balaban J connectivity index is 1.82. The third-order valence-electron chi connectivity index (χ3n) is 5.64. The molecule has 0 unspecified atom stereocenters. The molecule has 0 amide bonds. The van der Waals surface area contributed by atoms with Crippen molar-refractivity contribution in [1.29, 1.82) is 0 Å². The fourth-order valence-electron chi connectivity index (χ4n) is 3.61. The van der Waals surface area contributed by atoms with Gasteiger partial charge in [-0.15, -0.1) is 10.2 Å². The molecule has 212 valence electrons. The van der Waals surface area contributed by atoms with E-state index >= 15 is 0 Å². The van der Waals surface area contributed by atoms with E-state index in [4.69, 9.17) is 11.6 Å². The van der Waals surface area contributed by atoms with Crippen molar-refractivity contribution >= 4 is 17.6 Å². The van der Waals surface area contributed by atoms with Crippen molar-refractivity contribution in [2.75, 3.05) is 7.11 Å². The summed E-state index contributed by atoms with van der Waals surface area (Å²) in [4.78, 5) is 33.1. The number of rotatable bonds is 7. The highest BCUT2D eigenvalue weighted by Crippen LogP contribution is 2.33. The number of aromatic nitrogens is 7. The van der Waals surface area contributed by atoms with Gasteiger partial charge in [-0.1, -0.05) is 18.5 Å². The van der Waals surface area contributed by atoms with Gasteiger partial charge in [-0.25, -0.2) is 24.2 Å². The summed E-state index contributed by atoms with van der Waals surface area (Å²) in [5.74, 6) is -5.05. The van der Waals surface area contributed by atoms with Gasteiger partial charge in [-0.05, 0) is 36.4 Å². The van der Waals surface area contributed by atoms with Crippen LogP contribution < -0.4 is 5.69 Å². The highest BCUT2D eigenvalue weighted by atomic mass is 35.5. The monoisotopic (exact) mass is 589 g/mol. The SMILES string of the molecule is COC(=O)c1nc(Cn2nc(-c3ccc(Cl)cc3)n(C[C@H](C)C(F)(F)F)c2=O)nn1-c1ncccc1C(F)(F)F. The predicted molar refractivity (Wildman–Crippen MR) is 127 cm³/mol. The molecule has 0 saturated heterocycles. The summed E-state index contributed by atoms with van der Waals surface area (Å²) in [6, 6.07) is 7.56. The Hall–Kier alpha value is -4.21. The number of hydrogen-bond donors (Lipinski definition) is 0. The summed E-state index contributed by atoms with van der Waals surface area (Å²) < 4.78 is 87.5. The van der Waals surface area contributed by atoms with E-state index in [0.717, 1.165) is 41.6 Å². The van der Waals surface area contributed by atoms with Gasteiger partial charge in [0.2, 0.25) is 5.82 Å². The molecule has 0 radical (unpaired) electrons. The molecule has 4 rings (SSSR count). The maximum Gasteiger partial charge on any atom is 0.420 e. The normalized spacial score (nSPS) is 12.9. The molecule has 0 aliphatic heterocycles. The molecule has 4 aromatic rings. The molecule has 1 aromatic carbocycles. The summed E-state index contributed by atoms with van der Waals surface area (Å²) in [6.45, 7) is -0.497. The number of hydrogen-bond acceptors (Lipinski definition) is 7. The third-order valence-corrected chi connectivity index (χ3v) is 5.90. The summed E-state index contributed by atoms with van der Waals surface area (Å²) in [5.41, 5.74) is -1.94. The van der Waals surface area contributed by atoms with Crippen molar-refractivity contribution in [3.63, 3.8) is 0 Å². The lowest BCUT2D eigenvalue weighted by Gasteiger charge is -2.16. The molecule has 0 fully saturated rings. The standard InChI is InChI=1S/C23H18ClF6N7O3/c1-12(22(25,26)27)10-35-17(13-5-7-14(24)8-6-13)34-36(21(35)39)11-16-32-19(20(38)40-2)37(33-16)18-15(23(28,29)30)4-3-9-31-18/h3-9,12H,10-11H2,1-2H3/t12-/m0/s1. The van der Waals surface area contributed by atoms with E-state index < -0.39 is 60.2 Å². The van der Waals surface area contributed by atoms with Crippen LogP contribution in [-0.2, 0) is 24.0 Å². The summed E-state index contributed by atoms with van der Waals surface area (Å²) >= 11 is 5.90. The molecule has 40 heavy (non-hydrogen) atoms. The number of esters is 1. The fourth-order valence-corrected chi connectivity index (χ4v) is 3.74. The second-order valence-corrected chi connectivity index (χ2v) is 8.89. The van der Waals surface area contributed by atoms with Crippen LogP contribution in [0.15, 0.2) is 47.4 Å². The largest absolute Gasteiger partial charge is 0.463 e. The second kappa shape index (κ2) is 10.7. The van der Waals surface area contributed by atoms with Crippen LogP contribution in [-0.4, -0.2) is 53.4 Å². The van der Waals surface area contributed by atoms with Gasteiger partial charge in [0, 0.05) is 23.3 Å². The Labute approximate surface area is 225 Å². The number of carbonyl (C=O) groups is 1. The Morgan fingerprint density at radius 1 is 1.07 bits per heavy atom. The predicted octanol–water partition coefficient (Wildman–Crippen LogP) is 4.39. The molecular formula is C23H18ClF6N7O3. The lowest BCUT2D eigenvalue weighted by molar-refractivity contribution is -0.172. The van der Waals surface area contributed by atoms with E-state index in [9.17, 15) is 35.9 Å². The van der Waals surface area contributed by atoms with Crippen LogP contribution >= 0.6 is 11.6 Å². The van der Waals surface area contributed by atoms with Crippen molar-refractivity contribution in [1.82, 2.24) is 34.1 Å². The Kier molecular flexibility index (Phi) is 7.74. The molecule has 1 atom stereocenters. The zero-order valence-corrected chi connectivity index (χ0v) is 21.3. The highest BCUT2D eigenvalue weighted by Gasteiger charge is 2.38. The van der Waals surface area contributed by atoms with Gasteiger partial charge in [0.25, 0.3) is 0 Å². The smallest absolute Gasteiger partial charge is 0.420 e.